The molecule has 0 heterocycles. The lowest BCUT2D eigenvalue weighted by atomic mass is 9.95. The van der Waals surface area contributed by atoms with Crippen LogP contribution in [0.1, 0.15) is 24.0 Å². The Bertz CT molecular complexity index is 1070. The Balaban J connectivity index is 1.79. The van der Waals surface area contributed by atoms with Crippen LogP contribution in [-0.4, -0.2) is 21.8 Å². The van der Waals surface area contributed by atoms with Gasteiger partial charge in [-0.3, -0.25) is 0 Å². The van der Waals surface area contributed by atoms with E-state index in [-0.39, 0.29) is 5.41 Å². The number of halogens is 2. The molecule has 2 aliphatic rings. The molecule has 2 aliphatic carbocycles. The van der Waals surface area contributed by atoms with E-state index in [1.807, 2.05) is 12.1 Å². The van der Waals surface area contributed by atoms with Crippen molar-refractivity contribution in [2.24, 2.45) is 5.41 Å². The second-order valence-electron chi connectivity index (χ2n) is 7.12. The van der Waals surface area contributed by atoms with E-state index < -0.39 is 9.84 Å². The highest BCUT2D eigenvalue weighted by Gasteiger charge is 2.43. The van der Waals surface area contributed by atoms with Gasteiger partial charge in [-0.2, -0.15) is 0 Å². The molecule has 2 aromatic rings. The van der Waals surface area contributed by atoms with Gasteiger partial charge in [-0.1, -0.05) is 24.3 Å². The van der Waals surface area contributed by atoms with Gasteiger partial charge < -0.3 is 4.74 Å². The molecule has 0 amide bonds. The molecule has 0 aliphatic heterocycles. The summed E-state index contributed by atoms with van der Waals surface area (Å²) in [5.41, 5.74) is 4.59. The van der Waals surface area contributed by atoms with Crippen LogP contribution in [0.3, 0.4) is 0 Å². The molecule has 1 fully saturated rings. The molecular formula is C21H18Br2O3S. The topological polar surface area (TPSA) is 43.4 Å². The highest BCUT2D eigenvalue weighted by Crippen LogP contribution is 2.58. The van der Waals surface area contributed by atoms with Gasteiger partial charge in [0, 0.05) is 11.7 Å². The van der Waals surface area contributed by atoms with E-state index in [1.54, 1.807) is 19.2 Å². The van der Waals surface area contributed by atoms with Gasteiger partial charge in [-0.05, 0) is 91.2 Å². The van der Waals surface area contributed by atoms with Crippen molar-refractivity contribution >= 4 is 52.8 Å². The highest BCUT2D eigenvalue weighted by molar-refractivity contribution is 9.11. The van der Waals surface area contributed by atoms with Crippen molar-refractivity contribution in [1.82, 2.24) is 0 Å². The summed E-state index contributed by atoms with van der Waals surface area (Å²) in [6.45, 7) is 0. The molecule has 2 aromatic carbocycles. The zero-order valence-electron chi connectivity index (χ0n) is 14.9. The van der Waals surface area contributed by atoms with E-state index in [4.69, 9.17) is 4.74 Å². The van der Waals surface area contributed by atoms with Gasteiger partial charge in [0.1, 0.15) is 5.75 Å². The fourth-order valence-electron chi connectivity index (χ4n) is 3.47. The molecule has 3 nitrogen and oxygen atoms in total. The molecule has 1 saturated carbocycles. The molecule has 0 atom stereocenters. The summed E-state index contributed by atoms with van der Waals surface area (Å²) in [5, 5.41) is 0. The van der Waals surface area contributed by atoms with Crippen LogP contribution in [-0.2, 0) is 9.84 Å². The summed E-state index contributed by atoms with van der Waals surface area (Å²) in [7, 11) is -1.55. The van der Waals surface area contributed by atoms with Gasteiger partial charge in [0.05, 0.1) is 21.0 Å². The van der Waals surface area contributed by atoms with Crippen LogP contribution in [0.4, 0.5) is 0 Å². The fourth-order valence-corrected chi connectivity index (χ4v) is 5.62. The van der Waals surface area contributed by atoms with Crippen molar-refractivity contribution < 1.29 is 13.2 Å². The quantitative estimate of drug-likeness (QED) is 0.516. The molecule has 27 heavy (non-hydrogen) atoms. The molecule has 0 bridgehead atoms. The summed E-state index contributed by atoms with van der Waals surface area (Å²) in [6.07, 6.45) is 8.20. The van der Waals surface area contributed by atoms with E-state index in [0.717, 1.165) is 44.2 Å². The van der Waals surface area contributed by atoms with Gasteiger partial charge in [0.25, 0.3) is 0 Å². The maximum Gasteiger partial charge on any atom is 0.175 e. The van der Waals surface area contributed by atoms with Crippen LogP contribution in [0, 0.1) is 5.41 Å². The van der Waals surface area contributed by atoms with Crippen molar-refractivity contribution in [3.8, 4) is 5.75 Å². The van der Waals surface area contributed by atoms with Crippen LogP contribution in [0.5, 0.6) is 5.75 Å². The third kappa shape index (κ3) is 3.55. The second-order valence-corrected chi connectivity index (χ2v) is 10.8. The van der Waals surface area contributed by atoms with Crippen molar-refractivity contribution in [3.63, 3.8) is 0 Å². The minimum atomic E-state index is -3.20. The third-order valence-corrected chi connectivity index (χ3v) is 7.39. The average molecular weight is 510 g/mol. The van der Waals surface area contributed by atoms with Crippen LogP contribution in [0.15, 0.2) is 62.4 Å². The molecule has 1 spiro atoms. The number of allylic oxidation sites excluding steroid dienone is 4. The van der Waals surface area contributed by atoms with E-state index in [0.29, 0.717) is 4.90 Å². The van der Waals surface area contributed by atoms with Crippen molar-refractivity contribution in [1.29, 1.82) is 0 Å². The van der Waals surface area contributed by atoms with Crippen molar-refractivity contribution in [3.05, 3.63) is 68.6 Å². The SMILES string of the molecule is COc1c(Br)cc(C2=CC3(C=C2c2ccc(S(C)(=O)=O)cc2)CC3)cc1Br. The maximum absolute atomic E-state index is 11.8. The lowest BCUT2D eigenvalue weighted by Crippen LogP contribution is -1.97. The molecule has 4 rings (SSSR count). The Morgan fingerprint density at radius 2 is 1.44 bits per heavy atom. The first-order valence-corrected chi connectivity index (χ1v) is 12.0. The van der Waals surface area contributed by atoms with Gasteiger partial charge in [0.2, 0.25) is 0 Å². The number of rotatable bonds is 4. The second kappa shape index (κ2) is 6.61. The third-order valence-electron chi connectivity index (χ3n) is 5.09. The Hall–Kier alpha value is -1.37. The Labute approximate surface area is 176 Å². The highest BCUT2D eigenvalue weighted by atomic mass is 79.9. The predicted molar refractivity (Wildman–Crippen MR) is 116 cm³/mol. The van der Waals surface area contributed by atoms with Crippen molar-refractivity contribution in [2.75, 3.05) is 13.4 Å². The zero-order valence-corrected chi connectivity index (χ0v) is 18.9. The normalized spacial score (nSPS) is 17.6. The van der Waals surface area contributed by atoms with Crippen LogP contribution in [0.2, 0.25) is 0 Å². The monoisotopic (exact) mass is 508 g/mol. The van der Waals surface area contributed by atoms with E-state index in [2.05, 4.69) is 56.1 Å². The molecule has 0 N–H and O–H groups in total. The number of methoxy groups -OCH3 is 1. The Morgan fingerprint density at radius 1 is 0.926 bits per heavy atom. The average Bonchev–Trinajstić information content (AvgIpc) is 3.24. The predicted octanol–water partition coefficient (Wildman–Crippen LogP) is 5.88. The summed E-state index contributed by atoms with van der Waals surface area (Å²) < 4.78 is 30.7. The molecule has 140 valence electrons. The number of ether oxygens (including phenoxy) is 1. The fraction of sp³-hybridized carbons (Fsp3) is 0.238. The number of hydrogen-bond donors (Lipinski definition) is 0. The summed E-state index contributed by atoms with van der Waals surface area (Å²) in [4.78, 5) is 0.339. The largest absolute Gasteiger partial charge is 0.494 e. The maximum atomic E-state index is 11.8. The number of sulfone groups is 1. The van der Waals surface area contributed by atoms with Crippen LogP contribution in [0.25, 0.3) is 11.1 Å². The molecule has 6 heteroatoms. The first-order chi connectivity index (χ1) is 12.7. The van der Waals surface area contributed by atoms with Gasteiger partial charge in [0.15, 0.2) is 9.84 Å². The Morgan fingerprint density at radius 3 is 1.89 bits per heavy atom. The number of hydrogen-bond acceptors (Lipinski definition) is 3. The van der Waals surface area contributed by atoms with Gasteiger partial charge >= 0.3 is 0 Å². The summed E-state index contributed by atoms with van der Waals surface area (Å²) >= 11 is 7.18. The molecule has 0 unspecified atom stereocenters. The zero-order chi connectivity index (χ0) is 19.4. The van der Waals surface area contributed by atoms with Crippen molar-refractivity contribution in [2.45, 2.75) is 17.7 Å². The molecule has 0 saturated heterocycles. The van der Waals surface area contributed by atoms with Gasteiger partial charge in [-0.25, -0.2) is 8.42 Å². The van der Waals surface area contributed by atoms with Crippen LogP contribution < -0.4 is 4.74 Å². The smallest absolute Gasteiger partial charge is 0.175 e. The Kier molecular flexibility index (Phi) is 4.64. The minimum Gasteiger partial charge on any atom is -0.494 e. The standard InChI is InChI=1S/C21H18Br2O3S/c1-26-20-18(22)9-14(10-19(20)23)17-12-21(7-8-21)11-16(17)13-3-5-15(6-4-13)27(2,24)25/h3-6,9-12H,7-8H2,1-2H3. The lowest BCUT2D eigenvalue weighted by molar-refractivity contribution is 0.409. The van der Waals surface area contributed by atoms with E-state index in [9.17, 15) is 8.42 Å². The van der Waals surface area contributed by atoms with Crippen LogP contribution >= 0.6 is 31.9 Å². The van der Waals surface area contributed by atoms with E-state index in [1.165, 1.54) is 11.8 Å². The summed E-state index contributed by atoms with van der Waals surface area (Å²) in [6, 6.07) is 11.3. The number of benzene rings is 2. The summed E-state index contributed by atoms with van der Waals surface area (Å²) in [5.74, 6) is 0.765. The molecule has 0 radical (unpaired) electrons. The molecular weight excluding hydrogens is 492 g/mol. The van der Waals surface area contributed by atoms with Gasteiger partial charge in [-0.15, -0.1) is 0 Å². The first kappa shape index (κ1) is 19.0. The lowest BCUT2D eigenvalue weighted by Gasteiger charge is -2.13. The molecule has 0 aromatic heterocycles. The van der Waals surface area contributed by atoms with E-state index >= 15 is 0 Å². The minimum absolute atomic E-state index is 0.152. The first-order valence-electron chi connectivity index (χ1n) is 8.52.